The summed E-state index contributed by atoms with van der Waals surface area (Å²) in [5, 5.41) is 3.63. The van der Waals surface area contributed by atoms with Crippen molar-refractivity contribution in [2.45, 2.75) is 53.0 Å². The molecule has 0 bridgehead atoms. The molecule has 17 heavy (non-hydrogen) atoms. The van der Waals surface area contributed by atoms with E-state index in [4.69, 9.17) is 5.73 Å². The maximum absolute atomic E-state index is 5.90. The van der Waals surface area contributed by atoms with Crippen LogP contribution in [0.4, 0.5) is 0 Å². The first-order valence-corrected chi connectivity index (χ1v) is 7.14. The van der Waals surface area contributed by atoms with Gasteiger partial charge in [-0.1, -0.05) is 27.7 Å². The first-order chi connectivity index (χ1) is 7.97. The van der Waals surface area contributed by atoms with Gasteiger partial charge in [0.15, 0.2) is 0 Å². The molecule has 0 spiro atoms. The van der Waals surface area contributed by atoms with E-state index in [1.54, 1.807) is 0 Å². The fourth-order valence-corrected chi connectivity index (χ4v) is 1.93. The number of nitrogens with one attached hydrogen (secondary N) is 1. The summed E-state index contributed by atoms with van der Waals surface area (Å²) in [7, 11) is 0. The molecule has 0 aromatic heterocycles. The Hall–Kier alpha value is -0.120. The average molecular weight is 243 g/mol. The van der Waals surface area contributed by atoms with Crippen LogP contribution in [-0.4, -0.2) is 43.2 Å². The van der Waals surface area contributed by atoms with E-state index in [-0.39, 0.29) is 5.54 Å². The van der Waals surface area contributed by atoms with E-state index in [1.165, 1.54) is 12.8 Å². The topological polar surface area (TPSA) is 41.3 Å². The molecule has 0 amide bonds. The van der Waals surface area contributed by atoms with Gasteiger partial charge in [0.2, 0.25) is 0 Å². The van der Waals surface area contributed by atoms with E-state index in [9.17, 15) is 0 Å². The molecule has 3 N–H and O–H groups in total. The Balaban J connectivity index is 3.94. The van der Waals surface area contributed by atoms with E-state index >= 15 is 0 Å². The molecule has 104 valence electrons. The van der Waals surface area contributed by atoms with Crippen LogP contribution in [0, 0.1) is 5.92 Å². The molecule has 0 radical (unpaired) electrons. The molecule has 0 aliphatic rings. The molecule has 3 nitrogen and oxygen atoms in total. The molecule has 1 atom stereocenters. The maximum Gasteiger partial charge on any atom is 0.0276 e. The van der Waals surface area contributed by atoms with E-state index in [2.05, 4.69) is 44.8 Å². The molecule has 0 aromatic carbocycles. The largest absolute Gasteiger partial charge is 0.329 e. The third-order valence-corrected chi connectivity index (χ3v) is 3.60. The monoisotopic (exact) mass is 243 g/mol. The van der Waals surface area contributed by atoms with Crippen LogP contribution in [0.5, 0.6) is 0 Å². The lowest BCUT2D eigenvalue weighted by molar-refractivity contribution is 0.262. The highest BCUT2D eigenvalue weighted by atomic mass is 15.1. The van der Waals surface area contributed by atoms with E-state index in [1.807, 2.05) is 0 Å². The minimum Gasteiger partial charge on any atom is -0.329 e. The van der Waals surface area contributed by atoms with Crippen LogP contribution >= 0.6 is 0 Å². The van der Waals surface area contributed by atoms with Crippen molar-refractivity contribution in [2.24, 2.45) is 11.7 Å². The zero-order valence-electron chi connectivity index (χ0n) is 12.6. The predicted molar refractivity (Wildman–Crippen MR) is 77.3 cm³/mol. The van der Waals surface area contributed by atoms with Crippen molar-refractivity contribution in [3.8, 4) is 0 Å². The average Bonchev–Trinajstić information content (AvgIpc) is 2.32. The van der Waals surface area contributed by atoms with Crippen molar-refractivity contribution in [1.29, 1.82) is 0 Å². The van der Waals surface area contributed by atoms with E-state index in [0.29, 0.717) is 0 Å². The fourth-order valence-electron chi connectivity index (χ4n) is 1.93. The second-order valence-electron chi connectivity index (χ2n) is 5.65. The minimum atomic E-state index is 0.109. The van der Waals surface area contributed by atoms with Gasteiger partial charge < -0.3 is 16.0 Å². The maximum atomic E-state index is 5.90. The van der Waals surface area contributed by atoms with Gasteiger partial charge in [-0.3, -0.25) is 0 Å². The van der Waals surface area contributed by atoms with Crippen molar-refractivity contribution in [3.05, 3.63) is 0 Å². The number of hydrogen-bond donors (Lipinski definition) is 2. The third-order valence-electron chi connectivity index (χ3n) is 3.60. The van der Waals surface area contributed by atoms with Gasteiger partial charge in [0.1, 0.15) is 0 Å². The minimum absolute atomic E-state index is 0.109. The van der Waals surface area contributed by atoms with E-state index < -0.39 is 0 Å². The summed E-state index contributed by atoms with van der Waals surface area (Å²) in [4.78, 5) is 2.44. The van der Waals surface area contributed by atoms with Gasteiger partial charge in [-0.15, -0.1) is 0 Å². The molecule has 3 heteroatoms. The van der Waals surface area contributed by atoms with Gasteiger partial charge in [-0.2, -0.15) is 0 Å². The van der Waals surface area contributed by atoms with Crippen LogP contribution in [0.2, 0.25) is 0 Å². The van der Waals surface area contributed by atoms with Crippen LogP contribution in [0.25, 0.3) is 0 Å². The highest BCUT2D eigenvalue weighted by Gasteiger charge is 2.21. The Bertz CT molecular complexity index is 178. The van der Waals surface area contributed by atoms with Crippen LogP contribution < -0.4 is 11.1 Å². The Kier molecular flexibility index (Phi) is 8.83. The summed E-state index contributed by atoms with van der Waals surface area (Å²) < 4.78 is 0. The Morgan fingerprint density at radius 3 is 2.24 bits per heavy atom. The highest BCUT2D eigenvalue weighted by Crippen LogP contribution is 2.15. The quantitative estimate of drug-likeness (QED) is 0.617. The third kappa shape index (κ3) is 7.74. The summed E-state index contributed by atoms with van der Waals surface area (Å²) in [6, 6.07) is 0. The molecule has 0 saturated heterocycles. The summed E-state index contributed by atoms with van der Waals surface area (Å²) in [5.41, 5.74) is 6.01. The molecule has 0 aliphatic carbocycles. The van der Waals surface area contributed by atoms with Crippen LogP contribution in [0.3, 0.4) is 0 Å². The standard InChI is InChI=1S/C14H33N3/c1-6-17(7-2)11-10-16-14(5,12-15)9-8-13(3)4/h13,16H,6-12,15H2,1-5H3. The number of nitrogens with zero attached hydrogens (tertiary/aromatic N) is 1. The molecular formula is C14H33N3. The van der Waals surface area contributed by atoms with Gasteiger partial charge in [0.25, 0.3) is 0 Å². The lowest BCUT2D eigenvalue weighted by atomic mass is 9.92. The molecule has 0 heterocycles. The molecular weight excluding hydrogens is 210 g/mol. The van der Waals surface area contributed by atoms with Crippen LogP contribution in [0.1, 0.15) is 47.5 Å². The normalized spacial score (nSPS) is 15.5. The number of likely N-dealkylation sites (N-methyl/N-ethyl adjacent to an activating group) is 1. The zero-order valence-corrected chi connectivity index (χ0v) is 12.6. The first-order valence-electron chi connectivity index (χ1n) is 7.14. The van der Waals surface area contributed by atoms with Gasteiger partial charge in [0, 0.05) is 25.2 Å². The van der Waals surface area contributed by atoms with Gasteiger partial charge >= 0.3 is 0 Å². The SMILES string of the molecule is CCN(CC)CCNC(C)(CN)CCC(C)C. The summed E-state index contributed by atoms with van der Waals surface area (Å²) in [6.07, 6.45) is 2.41. The van der Waals surface area contributed by atoms with Crippen molar-refractivity contribution in [3.63, 3.8) is 0 Å². The molecule has 0 saturated carbocycles. The van der Waals surface area contributed by atoms with Crippen molar-refractivity contribution < 1.29 is 0 Å². The van der Waals surface area contributed by atoms with Crippen LogP contribution in [-0.2, 0) is 0 Å². The molecule has 0 aromatic rings. The van der Waals surface area contributed by atoms with Gasteiger partial charge in [-0.25, -0.2) is 0 Å². The van der Waals surface area contributed by atoms with Crippen molar-refractivity contribution in [1.82, 2.24) is 10.2 Å². The second kappa shape index (κ2) is 8.90. The smallest absolute Gasteiger partial charge is 0.0276 e. The lowest BCUT2D eigenvalue weighted by Gasteiger charge is -2.31. The molecule has 0 aliphatic heterocycles. The molecule has 1 unspecified atom stereocenters. The Labute approximate surface area is 108 Å². The van der Waals surface area contributed by atoms with E-state index in [0.717, 1.165) is 38.6 Å². The summed E-state index contributed by atoms with van der Waals surface area (Å²) >= 11 is 0. The molecule has 0 fully saturated rings. The predicted octanol–water partition coefficient (Wildman–Crippen LogP) is 2.07. The Morgan fingerprint density at radius 1 is 1.24 bits per heavy atom. The van der Waals surface area contributed by atoms with Gasteiger partial charge in [-0.05, 0) is 38.8 Å². The second-order valence-corrected chi connectivity index (χ2v) is 5.65. The van der Waals surface area contributed by atoms with Crippen molar-refractivity contribution >= 4 is 0 Å². The number of nitrogens with two attached hydrogens (primary N) is 1. The molecule has 0 rings (SSSR count). The van der Waals surface area contributed by atoms with Gasteiger partial charge in [0.05, 0.1) is 0 Å². The number of rotatable bonds is 10. The highest BCUT2D eigenvalue weighted by molar-refractivity contribution is 4.84. The number of hydrogen-bond acceptors (Lipinski definition) is 3. The summed E-state index contributed by atoms with van der Waals surface area (Å²) in [6.45, 7) is 16.3. The Morgan fingerprint density at radius 2 is 1.82 bits per heavy atom. The zero-order chi connectivity index (χ0) is 13.3. The van der Waals surface area contributed by atoms with Crippen molar-refractivity contribution in [2.75, 3.05) is 32.7 Å². The van der Waals surface area contributed by atoms with Crippen LogP contribution in [0.15, 0.2) is 0 Å². The fraction of sp³-hybridized carbons (Fsp3) is 1.00. The lowest BCUT2D eigenvalue weighted by Crippen LogP contribution is -2.51. The summed E-state index contributed by atoms with van der Waals surface area (Å²) in [5.74, 6) is 0.755. The first kappa shape index (κ1) is 16.9.